The zero-order valence-corrected chi connectivity index (χ0v) is 21.0. The summed E-state index contributed by atoms with van der Waals surface area (Å²) in [6.45, 7) is 0. The van der Waals surface area contributed by atoms with Crippen molar-refractivity contribution in [2.75, 3.05) is 4.90 Å². The van der Waals surface area contributed by atoms with Crippen LogP contribution in [0.2, 0.25) is 15.1 Å². The number of hydrogen-bond acceptors (Lipinski definition) is 5. The molecule has 2 N–H and O–H groups in total. The van der Waals surface area contributed by atoms with Crippen molar-refractivity contribution < 1.29 is 18.8 Å². The highest BCUT2D eigenvalue weighted by Crippen LogP contribution is 2.36. The minimum Gasteiger partial charge on any atom is -0.287 e. The fourth-order valence-corrected chi connectivity index (χ4v) is 4.66. The molecule has 7 nitrogen and oxygen atoms in total. The summed E-state index contributed by atoms with van der Waals surface area (Å²) in [5.41, 5.74) is 7.21. The first kappa shape index (κ1) is 25.1. The summed E-state index contributed by atoms with van der Waals surface area (Å²) >= 11 is 18.2. The molecule has 1 aliphatic heterocycles. The molecule has 0 saturated carbocycles. The van der Waals surface area contributed by atoms with Crippen LogP contribution in [-0.4, -0.2) is 28.7 Å². The minimum atomic E-state index is -1.04. The number of halogens is 4. The first-order valence-corrected chi connectivity index (χ1v) is 12.1. The molecule has 0 bridgehead atoms. The van der Waals surface area contributed by atoms with E-state index in [1.807, 2.05) is 0 Å². The van der Waals surface area contributed by atoms with Crippen molar-refractivity contribution in [3.63, 3.8) is 0 Å². The molecule has 0 unspecified atom stereocenters. The van der Waals surface area contributed by atoms with Crippen molar-refractivity contribution in [1.29, 1.82) is 0 Å². The second-order valence-electron chi connectivity index (χ2n) is 8.22. The van der Waals surface area contributed by atoms with Gasteiger partial charge in [0, 0.05) is 10.9 Å². The number of carbonyl (C=O) groups excluding carboxylic acids is 3. The zero-order valence-electron chi connectivity index (χ0n) is 18.8. The van der Waals surface area contributed by atoms with Crippen LogP contribution in [0, 0.1) is 5.82 Å². The maximum atomic E-state index is 13.4. The molecular formula is C26H16Cl3FN4O3. The molecule has 11 heteroatoms. The quantitative estimate of drug-likeness (QED) is 0.190. The summed E-state index contributed by atoms with van der Waals surface area (Å²) in [4.78, 5) is 44.3. The number of pyridine rings is 1. The van der Waals surface area contributed by atoms with Crippen LogP contribution in [0.1, 0.15) is 16.8 Å². The van der Waals surface area contributed by atoms with Crippen LogP contribution in [-0.2, 0) is 9.59 Å². The highest BCUT2D eigenvalue weighted by Gasteiger charge is 2.41. The van der Waals surface area contributed by atoms with E-state index in [2.05, 4.69) is 15.8 Å². The highest BCUT2D eigenvalue weighted by atomic mass is 35.5. The third kappa shape index (κ3) is 4.89. The van der Waals surface area contributed by atoms with Gasteiger partial charge in [-0.05, 0) is 48.5 Å². The molecule has 0 aliphatic carbocycles. The topological polar surface area (TPSA) is 91.4 Å². The molecule has 1 aromatic heterocycles. The van der Waals surface area contributed by atoms with Crippen LogP contribution in [0.25, 0.3) is 22.2 Å². The number of imide groups is 1. The average molecular weight is 558 g/mol. The van der Waals surface area contributed by atoms with Gasteiger partial charge >= 0.3 is 0 Å². The number of carbonyl (C=O) groups is 3. The van der Waals surface area contributed by atoms with E-state index in [0.29, 0.717) is 22.2 Å². The number of aromatic nitrogens is 1. The van der Waals surface area contributed by atoms with Crippen LogP contribution in [0.5, 0.6) is 0 Å². The standard InChI is InChI=1S/C26H16Cl3FN4O3/c27-17-10-19(29)23(11-18(17)28)34-24(35)12-22(26(34)37)32-33-25(36)16-9-21(13-5-7-14(30)8-6-13)31-20-4-2-1-3-15(16)20/h1-11,22,32H,12H2,(H,33,36)/t22-/m0/s1. The van der Waals surface area contributed by atoms with Gasteiger partial charge in [-0.2, -0.15) is 0 Å². The van der Waals surface area contributed by atoms with E-state index >= 15 is 0 Å². The van der Waals surface area contributed by atoms with E-state index in [4.69, 9.17) is 34.8 Å². The maximum absolute atomic E-state index is 13.4. The lowest BCUT2D eigenvalue weighted by molar-refractivity contribution is -0.121. The summed E-state index contributed by atoms with van der Waals surface area (Å²) < 4.78 is 13.4. The normalized spacial score (nSPS) is 15.5. The molecule has 0 radical (unpaired) electrons. The fourth-order valence-electron chi connectivity index (χ4n) is 4.03. The van der Waals surface area contributed by atoms with Gasteiger partial charge in [0.15, 0.2) is 0 Å². The highest BCUT2D eigenvalue weighted by molar-refractivity contribution is 6.44. The molecule has 1 aliphatic rings. The van der Waals surface area contributed by atoms with Gasteiger partial charge in [-0.15, -0.1) is 0 Å². The molecule has 1 fully saturated rings. The molecule has 1 atom stereocenters. The largest absolute Gasteiger partial charge is 0.287 e. The van der Waals surface area contributed by atoms with Crippen LogP contribution < -0.4 is 15.8 Å². The number of rotatable bonds is 5. The average Bonchev–Trinajstić information content (AvgIpc) is 3.17. The van der Waals surface area contributed by atoms with Gasteiger partial charge < -0.3 is 0 Å². The maximum Gasteiger partial charge on any atom is 0.266 e. The van der Waals surface area contributed by atoms with Crippen molar-refractivity contribution >= 4 is 69.1 Å². The second-order valence-corrected chi connectivity index (χ2v) is 9.44. The number of anilines is 1. The number of hydrogen-bond donors (Lipinski definition) is 2. The van der Waals surface area contributed by atoms with Gasteiger partial charge in [0.25, 0.3) is 11.8 Å². The Morgan fingerprint density at radius 1 is 0.946 bits per heavy atom. The van der Waals surface area contributed by atoms with Gasteiger partial charge in [0.05, 0.1) is 44.0 Å². The second kappa shape index (κ2) is 10.1. The smallest absolute Gasteiger partial charge is 0.266 e. The summed E-state index contributed by atoms with van der Waals surface area (Å²) in [5, 5.41) is 0.969. The van der Waals surface area contributed by atoms with Crippen LogP contribution >= 0.6 is 34.8 Å². The monoisotopic (exact) mass is 556 g/mol. The fraction of sp³-hybridized carbons (Fsp3) is 0.0769. The van der Waals surface area contributed by atoms with E-state index in [9.17, 15) is 18.8 Å². The van der Waals surface area contributed by atoms with Gasteiger partial charge in [-0.25, -0.2) is 19.7 Å². The predicted octanol–water partition coefficient (Wildman–Crippen LogP) is 5.57. The van der Waals surface area contributed by atoms with E-state index in [-0.39, 0.29) is 32.7 Å². The Kier molecular flexibility index (Phi) is 6.83. The molecule has 4 aromatic rings. The molecule has 186 valence electrons. The molecule has 37 heavy (non-hydrogen) atoms. The molecule has 3 aromatic carbocycles. The predicted molar refractivity (Wildman–Crippen MR) is 140 cm³/mol. The Bertz CT molecular complexity index is 1580. The van der Waals surface area contributed by atoms with E-state index in [0.717, 1.165) is 4.90 Å². The van der Waals surface area contributed by atoms with Gasteiger partial charge in [-0.3, -0.25) is 19.8 Å². The Morgan fingerprint density at radius 3 is 2.41 bits per heavy atom. The third-order valence-corrected chi connectivity index (χ3v) is 6.86. The Labute approximate surface area is 225 Å². The molecule has 1 saturated heterocycles. The Balaban J connectivity index is 1.39. The van der Waals surface area contributed by atoms with Crippen molar-refractivity contribution in [2.45, 2.75) is 12.5 Å². The third-order valence-electron chi connectivity index (χ3n) is 5.84. The van der Waals surface area contributed by atoms with Crippen molar-refractivity contribution in [1.82, 2.24) is 15.8 Å². The number of nitrogens with zero attached hydrogens (tertiary/aromatic N) is 2. The van der Waals surface area contributed by atoms with Crippen LogP contribution in [0.4, 0.5) is 10.1 Å². The Morgan fingerprint density at radius 2 is 1.65 bits per heavy atom. The van der Waals surface area contributed by atoms with Crippen molar-refractivity contribution in [3.05, 3.63) is 93.2 Å². The number of para-hydroxylation sites is 1. The zero-order chi connectivity index (χ0) is 26.3. The van der Waals surface area contributed by atoms with E-state index < -0.39 is 29.6 Å². The van der Waals surface area contributed by atoms with Gasteiger partial charge in [0.1, 0.15) is 11.9 Å². The summed E-state index contributed by atoms with van der Waals surface area (Å²) in [6, 6.07) is 16.0. The van der Waals surface area contributed by atoms with Gasteiger partial charge in [0.2, 0.25) is 5.91 Å². The first-order valence-electron chi connectivity index (χ1n) is 11.0. The number of nitrogens with one attached hydrogen (secondary N) is 2. The lowest BCUT2D eigenvalue weighted by Crippen LogP contribution is -2.48. The molecular weight excluding hydrogens is 542 g/mol. The number of hydrazine groups is 1. The number of fused-ring (bicyclic) bond motifs is 1. The number of amides is 3. The molecule has 3 amide bonds. The molecule has 0 spiro atoms. The summed E-state index contributed by atoms with van der Waals surface area (Å²) in [6.07, 6.45) is -0.215. The number of benzene rings is 3. The molecule has 2 heterocycles. The Hall–Kier alpha value is -3.56. The van der Waals surface area contributed by atoms with Crippen LogP contribution in [0.15, 0.2) is 66.7 Å². The summed E-state index contributed by atoms with van der Waals surface area (Å²) in [5.74, 6) is -2.07. The summed E-state index contributed by atoms with van der Waals surface area (Å²) in [7, 11) is 0. The van der Waals surface area contributed by atoms with E-state index in [1.54, 1.807) is 42.5 Å². The lowest BCUT2D eigenvalue weighted by Gasteiger charge is -2.18. The van der Waals surface area contributed by atoms with E-state index in [1.165, 1.54) is 24.3 Å². The lowest BCUT2D eigenvalue weighted by atomic mass is 10.0. The first-order chi connectivity index (χ1) is 17.7. The van der Waals surface area contributed by atoms with Crippen molar-refractivity contribution in [2.24, 2.45) is 0 Å². The molecule has 5 rings (SSSR count). The van der Waals surface area contributed by atoms with Crippen LogP contribution in [0.3, 0.4) is 0 Å². The SMILES string of the molecule is O=C(NN[C@H]1CC(=O)N(c2cc(Cl)c(Cl)cc2Cl)C1=O)c1cc(-c2ccc(F)cc2)nc2ccccc12. The van der Waals surface area contributed by atoms with Gasteiger partial charge in [-0.1, -0.05) is 53.0 Å². The van der Waals surface area contributed by atoms with Crippen molar-refractivity contribution in [3.8, 4) is 11.3 Å². The minimum absolute atomic E-state index is 0.0809.